The molecule has 5 rings (SSSR count). The Morgan fingerprint density at radius 1 is 1.20 bits per heavy atom. The Morgan fingerprint density at radius 2 is 1.89 bits per heavy atom. The summed E-state index contributed by atoms with van der Waals surface area (Å²) in [4.78, 5) is 30.3. The lowest BCUT2D eigenvalue weighted by Gasteiger charge is -2.32. The van der Waals surface area contributed by atoms with Gasteiger partial charge in [-0.1, -0.05) is 36.2 Å². The number of nitrogens with one attached hydrogen (secondary N) is 2. The van der Waals surface area contributed by atoms with E-state index in [9.17, 15) is 23.3 Å². The van der Waals surface area contributed by atoms with E-state index in [0.717, 1.165) is 14.7 Å². The first-order valence-electron chi connectivity index (χ1n) is 15.1. The first-order chi connectivity index (χ1) is 21.8. The van der Waals surface area contributed by atoms with Crippen LogP contribution in [0.4, 0.5) is 17.2 Å². The maximum atomic E-state index is 14.4. The van der Waals surface area contributed by atoms with Gasteiger partial charge in [0.25, 0.3) is 10.0 Å². The second kappa shape index (κ2) is 13.4. The smallest absolute Gasteiger partial charge is 0.335 e. The Kier molecular flexibility index (Phi) is 9.94. The third-order valence-corrected chi connectivity index (χ3v) is 11.6. The van der Waals surface area contributed by atoms with Crippen LogP contribution >= 0.6 is 22.9 Å². The molecule has 15 heteroatoms. The summed E-state index contributed by atoms with van der Waals surface area (Å²) in [6.07, 6.45) is 0.991. The first kappa shape index (κ1) is 34.0. The Morgan fingerprint density at radius 3 is 2.50 bits per heavy atom. The van der Waals surface area contributed by atoms with Gasteiger partial charge in [0.05, 0.1) is 32.8 Å². The number of sulfonamides is 1. The van der Waals surface area contributed by atoms with E-state index in [-0.39, 0.29) is 35.1 Å². The Balaban J connectivity index is 1.60. The fraction of sp³-hybridized carbons (Fsp3) is 0.484. The number of pyridine rings is 1. The van der Waals surface area contributed by atoms with Crippen LogP contribution in [0.25, 0.3) is 0 Å². The third-order valence-electron chi connectivity index (χ3n) is 8.29. The lowest BCUT2D eigenvalue weighted by molar-refractivity contribution is -0.383. The topological polar surface area (TPSA) is 153 Å². The molecule has 1 amide bonds. The Labute approximate surface area is 277 Å². The van der Waals surface area contributed by atoms with E-state index in [1.165, 1.54) is 35.7 Å². The number of carbonyl (C=O) groups excluding carboxylic acids is 1. The molecule has 3 heterocycles. The Bertz CT molecular complexity index is 1700. The maximum Gasteiger partial charge on any atom is 0.335 e. The molecule has 0 bridgehead atoms. The summed E-state index contributed by atoms with van der Waals surface area (Å²) in [5.74, 6) is -1.88. The number of thiophene rings is 1. The van der Waals surface area contributed by atoms with Crippen LogP contribution < -0.4 is 14.9 Å². The van der Waals surface area contributed by atoms with Gasteiger partial charge in [-0.15, -0.1) is 11.3 Å². The Hall–Kier alpha value is -3.30. The molecule has 46 heavy (non-hydrogen) atoms. The van der Waals surface area contributed by atoms with Crippen LogP contribution in [0.15, 0.2) is 52.9 Å². The van der Waals surface area contributed by atoms with E-state index in [2.05, 4.69) is 15.6 Å². The molecule has 2 aliphatic rings. The fourth-order valence-electron chi connectivity index (χ4n) is 6.19. The molecule has 2 fully saturated rings. The molecular formula is C31H38ClN5O7S2. The van der Waals surface area contributed by atoms with Crippen LogP contribution in [0, 0.1) is 23.0 Å². The number of nitrogens with zero attached hydrogens (tertiary/aromatic N) is 3. The minimum Gasteiger partial charge on any atom is -0.359 e. The van der Waals surface area contributed by atoms with Crippen molar-refractivity contribution in [3.8, 4) is 0 Å². The molecule has 0 spiro atoms. The van der Waals surface area contributed by atoms with E-state index in [4.69, 9.17) is 21.1 Å². The van der Waals surface area contributed by atoms with Crippen LogP contribution in [0.1, 0.15) is 51.0 Å². The lowest BCUT2D eigenvalue weighted by atomic mass is 10.0. The van der Waals surface area contributed by atoms with E-state index < -0.39 is 56.6 Å². The van der Waals surface area contributed by atoms with Gasteiger partial charge in [-0.2, -0.15) is 0 Å². The number of amides is 1. The molecule has 5 atom stereocenters. The zero-order chi connectivity index (χ0) is 33.4. The highest BCUT2D eigenvalue weighted by molar-refractivity contribution is 7.92. The van der Waals surface area contributed by atoms with E-state index in [1.807, 2.05) is 26.2 Å². The summed E-state index contributed by atoms with van der Waals surface area (Å²) in [7, 11) is -4.32. The summed E-state index contributed by atoms with van der Waals surface area (Å²) < 4.78 is 42.3. The molecule has 248 valence electrons. The number of hydrogen-bond acceptors (Lipinski definition) is 10. The molecule has 0 radical (unpaired) electrons. The van der Waals surface area contributed by atoms with Crippen molar-refractivity contribution in [2.24, 2.45) is 5.92 Å². The highest BCUT2D eigenvalue weighted by Gasteiger charge is 2.56. The summed E-state index contributed by atoms with van der Waals surface area (Å²) in [5, 5.41) is 21.2. The average Bonchev–Trinajstić information content (AvgIpc) is 3.65. The van der Waals surface area contributed by atoms with Crippen molar-refractivity contribution >= 4 is 56.1 Å². The number of carbonyl (C=O) groups is 1. The minimum atomic E-state index is -4.32. The number of nitro groups is 1. The van der Waals surface area contributed by atoms with Gasteiger partial charge in [0.15, 0.2) is 5.79 Å². The molecular weight excluding hydrogens is 654 g/mol. The molecule has 2 N–H and O–H groups in total. The highest BCUT2D eigenvalue weighted by Crippen LogP contribution is 2.45. The SMILES string of the molecule is CCNC(=O)[C@H]1CC(Nc2nccc(N(C(CC)Cc3sccc3Cl)S(=O)(=O)c3ccc(C)cc3)c2[N+](=O)[O-])C2OC(C)(C)OC21. The van der Waals surface area contributed by atoms with Crippen LogP contribution in [0.5, 0.6) is 0 Å². The monoisotopic (exact) mass is 691 g/mol. The van der Waals surface area contributed by atoms with Crippen molar-refractivity contribution in [3.05, 3.63) is 73.6 Å². The number of aromatic nitrogens is 1. The van der Waals surface area contributed by atoms with Gasteiger partial charge in [-0.05, 0) is 70.2 Å². The molecule has 1 aromatic carbocycles. The predicted molar refractivity (Wildman–Crippen MR) is 177 cm³/mol. The number of fused-ring (bicyclic) bond motifs is 1. The van der Waals surface area contributed by atoms with Crippen LogP contribution in [0.3, 0.4) is 0 Å². The van der Waals surface area contributed by atoms with Crippen molar-refractivity contribution in [1.29, 1.82) is 0 Å². The van der Waals surface area contributed by atoms with Gasteiger partial charge in [0, 0.05) is 24.0 Å². The molecule has 1 saturated carbocycles. The van der Waals surface area contributed by atoms with Crippen LogP contribution in [-0.2, 0) is 30.7 Å². The van der Waals surface area contributed by atoms with Gasteiger partial charge in [0.2, 0.25) is 11.7 Å². The maximum absolute atomic E-state index is 14.4. The molecule has 1 aliphatic carbocycles. The summed E-state index contributed by atoms with van der Waals surface area (Å²) in [6.45, 7) is 9.42. The van der Waals surface area contributed by atoms with Crippen molar-refractivity contribution < 1.29 is 27.6 Å². The lowest BCUT2D eigenvalue weighted by Crippen LogP contribution is -2.42. The quantitative estimate of drug-likeness (QED) is 0.180. The zero-order valence-corrected chi connectivity index (χ0v) is 28.6. The van der Waals surface area contributed by atoms with Gasteiger partial charge in [-0.25, -0.2) is 13.4 Å². The van der Waals surface area contributed by atoms with Crippen LogP contribution in [0.2, 0.25) is 5.02 Å². The number of benzene rings is 1. The van der Waals surface area contributed by atoms with Gasteiger partial charge >= 0.3 is 5.69 Å². The summed E-state index contributed by atoms with van der Waals surface area (Å²) >= 11 is 7.82. The largest absolute Gasteiger partial charge is 0.359 e. The molecule has 4 unspecified atom stereocenters. The van der Waals surface area contributed by atoms with Crippen molar-refractivity contribution in [1.82, 2.24) is 10.3 Å². The normalized spacial score (nSPS) is 22.7. The standard InChI is InChI=1S/C31H38ClN5O7S2/c1-6-19(16-25-22(32)13-15-45-25)36(46(41,42)20-10-8-18(3)9-11-20)24-12-14-34-29(26(24)37(39)40)35-23-17-21(30(38)33-7-2)27-28(23)44-31(4,5)43-27/h8-15,19,21,23,27-28H,6-7,16-17H2,1-5H3,(H,33,38)(H,34,35)/t19?,21-,23?,27?,28?/m0/s1. The van der Waals surface area contributed by atoms with Gasteiger partial charge in [0.1, 0.15) is 17.9 Å². The minimum absolute atomic E-state index is 0.00315. The molecule has 3 aromatic rings. The van der Waals surface area contributed by atoms with Crippen molar-refractivity contribution in [3.63, 3.8) is 0 Å². The first-order valence-corrected chi connectivity index (χ1v) is 17.8. The molecule has 12 nitrogen and oxygen atoms in total. The second-order valence-electron chi connectivity index (χ2n) is 11.9. The second-order valence-corrected chi connectivity index (χ2v) is 15.1. The number of hydrogen-bond donors (Lipinski definition) is 2. The number of rotatable bonds is 12. The zero-order valence-electron chi connectivity index (χ0n) is 26.2. The third kappa shape index (κ3) is 6.72. The van der Waals surface area contributed by atoms with Crippen molar-refractivity contribution in [2.45, 2.75) is 88.9 Å². The molecule has 1 aliphatic heterocycles. The van der Waals surface area contributed by atoms with E-state index in [0.29, 0.717) is 18.0 Å². The summed E-state index contributed by atoms with van der Waals surface area (Å²) in [5.41, 5.74) is 0.220. The average molecular weight is 692 g/mol. The van der Waals surface area contributed by atoms with Gasteiger partial charge in [-0.3, -0.25) is 19.2 Å². The summed E-state index contributed by atoms with van der Waals surface area (Å²) in [6, 6.07) is 8.13. The van der Waals surface area contributed by atoms with E-state index in [1.54, 1.807) is 32.0 Å². The molecule has 2 aromatic heterocycles. The van der Waals surface area contributed by atoms with Crippen LogP contribution in [-0.4, -0.2) is 60.9 Å². The predicted octanol–water partition coefficient (Wildman–Crippen LogP) is 5.69. The van der Waals surface area contributed by atoms with Gasteiger partial charge < -0.3 is 20.1 Å². The fourth-order valence-corrected chi connectivity index (χ4v) is 9.11. The highest BCUT2D eigenvalue weighted by atomic mass is 35.5. The number of aryl methyl sites for hydroxylation is 1. The number of ether oxygens (including phenoxy) is 2. The van der Waals surface area contributed by atoms with Crippen molar-refractivity contribution in [2.75, 3.05) is 16.2 Å². The van der Waals surface area contributed by atoms with E-state index >= 15 is 0 Å². The number of anilines is 2. The number of halogens is 1. The molecule has 1 saturated heterocycles.